The highest BCUT2D eigenvalue weighted by Crippen LogP contribution is 2.43. The van der Waals surface area contributed by atoms with Crippen LogP contribution >= 0.6 is 23.2 Å². The van der Waals surface area contributed by atoms with E-state index in [-0.39, 0.29) is 18.2 Å². The fraction of sp³-hybridized carbons (Fsp3) is 0.323. The van der Waals surface area contributed by atoms with Gasteiger partial charge in [0.25, 0.3) is 0 Å². The first kappa shape index (κ1) is 26.9. The summed E-state index contributed by atoms with van der Waals surface area (Å²) >= 11 is 12.8. The summed E-state index contributed by atoms with van der Waals surface area (Å²) in [5.41, 5.74) is 6.65. The van der Waals surface area contributed by atoms with Gasteiger partial charge in [0.05, 0.1) is 12.2 Å². The van der Waals surface area contributed by atoms with Gasteiger partial charge in [-0.05, 0) is 88.9 Å². The molecule has 7 heteroatoms. The number of hydrogen-bond acceptors (Lipinski definition) is 2. The Balaban J connectivity index is 1.53. The Morgan fingerprint density at radius 3 is 2.42 bits per heavy atom. The summed E-state index contributed by atoms with van der Waals surface area (Å²) < 4.78 is 27.7. The monoisotopic (exact) mass is 555 g/mol. The van der Waals surface area contributed by atoms with Crippen LogP contribution in [0.25, 0.3) is 11.1 Å². The molecule has 1 aliphatic heterocycles. The number of aryl methyl sites for hydroxylation is 1. The molecule has 2 aliphatic rings. The van der Waals surface area contributed by atoms with Crippen LogP contribution < -0.4 is 0 Å². The second-order valence-corrected chi connectivity index (χ2v) is 10.9. The number of fused-ring (bicyclic) bond motifs is 1. The fourth-order valence-electron chi connectivity index (χ4n) is 5.62. The molecule has 0 aromatic heterocycles. The Kier molecular flexibility index (Phi) is 8.18. The van der Waals surface area contributed by atoms with E-state index < -0.39 is 12.1 Å². The molecule has 3 nitrogen and oxygen atoms in total. The fourth-order valence-corrected chi connectivity index (χ4v) is 6.14. The highest BCUT2D eigenvalue weighted by molar-refractivity contribution is 6.36. The predicted molar refractivity (Wildman–Crippen MR) is 150 cm³/mol. The minimum Gasteiger partial charge on any atom is -0.478 e. The van der Waals surface area contributed by atoms with Crippen molar-refractivity contribution >= 4 is 40.3 Å². The van der Waals surface area contributed by atoms with E-state index in [1.165, 1.54) is 0 Å². The lowest BCUT2D eigenvalue weighted by molar-refractivity contribution is 0.0364. The molecule has 198 valence electrons. The number of carboxylic acids is 1. The van der Waals surface area contributed by atoms with Gasteiger partial charge in [0.15, 0.2) is 0 Å². The number of hydrogen-bond donors (Lipinski definition) is 1. The average Bonchev–Trinajstić information content (AvgIpc) is 3.07. The molecule has 1 atom stereocenters. The summed E-state index contributed by atoms with van der Waals surface area (Å²) in [6.45, 7) is 1.62. The van der Waals surface area contributed by atoms with Gasteiger partial charge in [-0.2, -0.15) is 0 Å². The minimum atomic E-state index is -1.08. The summed E-state index contributed by atoms with van der Waals surface area (Å²) in [4.78, 5) is 13.7. The Morgan fingerprint density at radius 2 is 1.74 bits per heavy atom. The van der Waals surface area contributed by atoms with Crippen LogP contribution in [0.4, 0.5) is 8.78 Å². The molecule has 1 saturated heterocycles. The van der Waals surface area contributed by atoms with Gasteiger partial charge in [0, 0.05) is 35.6 Å². The summed E-state index contributed by atoms with van der Waals surface area (Å²) in [6, 6.07) is 18.3. The van der Waals surface area contributed by atoms with Crippen LogP contribution in [0.3, 0.4) is 0 Å². The van der Waals surface area contributed by atoms with Gasteiger partial charge in [-0.3, -0.25) is 4.39 Å². The van der Waals surface area contributed by atoms with Crippen molar-refractivity contribution in [2.75, 3.05) is 26.3 Å². The number of rotatable bonds is 8. The topological polar surface area (TPSA) is 40.5 Å². The number of halogens is 4. The number of aromatic carboxylic acids is 1. The van der Waals surface area contributed by atoms with Gasteiger partial charge < -0.3 is 10.0 Å². The first-order valence-corrected chi connectivity index (χ1v) is 13.7. The minimum absolute atomic E-state index is 0.0869. The quantitative estimate of drug-likeness (QED) is 0.304. The molecule has 1 heterocycles. The van der Waals surface area contributed by atoms with Crippen molar-refractivity contribution in [2.24, 2.45) is 5.92 Å². The van der Waals surface area contributed by atoms with Crippen molar-refractivity contribution in [2.45, 2.75) is 31.9 Å². The molecule has 0 radical (unpaired) electrons. The van der Waals surface area contributed by atoms with Crippen LogP contribution in [0.2, 0.25) is 10.0 Å². The summed E-state index contributed by atoms with van der Waals surface area (Å²) in [7, 11) is 0. The molecule has 0 spiro atoms. The molecule has 0 bridgehead atoms. The summed E-state index contributed by atoms with van der Waals surface area (Å²) in [6.07, 6.45) is 1.73. The lowest BCUT2D eigenvalue weighted by Crippen LogP contribution is -2.48. The van der Waals surface area contributed by atoms with Gasteiger partial charge in [0.1, 0.15) is 6.17 Å². The standard InChI is InChI=1S/C31H29Cl2F2NO2/c32-24-10-12-26(28(33)16-24)27-4-1-3-21-15-22(31(37)38)9-11-25(21)29(27)19-5-7-20(8-6-19)30(35)23-17-36(18-23)14-2-13-34/h5-12,15-16,23,30H,1-4,13-14,17-18H2,(H,37,38). The second-order valence-electron chi connectivity index (χ2n) is 10.1. The van der Waals surface area contributed by atoms with E-state index in [9.17, 15) is 14.3 Å². The van der Waals surface area contributed by atoms with E-state index >= 15 is 4.39 Å². The number of alkyl halides is 2. The van der Waals surface area contributed by atoms with Gasteiger partial charge in [-0.25, -0.2) is 9.18 Å². The number of likely N-dealkylation sites (tertiary alicyclic amines) is 1. The van der Waals surface area contributed by atoms with Crippen molar-refractivity contribution in [1.29, 1.82) is 0 Å². The molecule has 1 unspecified atom stereocenters. The van der Waals surface area contributed by atoms with Crippen molar-refractivity contribution in [3.63, 3.8) is 0 Å². The van der Waals surface area contributed by atoms with Gasteiger partial charge in [0.2, 0.25) is 0 Å². The number of carboxylic acid groups (broad SMARTS) is 1. The zero-order chi connectivity index (χ0) is 26.8. The molecule has 5 rings (SSSR count). The smallest absolute Gasteiger partial charge is 0.335 e. The Hall–Kier alpha value is -2.73. The molecular formula is C31H29Cl2F2NO2. The van der Waals surface area contributed by atoms with E-state index in [2.05, 4.69) is 4.90 Å². The van der Waals surface area contributed by atoms with Crippen LogP contribution in [0.1, 0.15) is 63.6 Å². The highest BCUT2D eigenvalue weighted by Gasteiger charge is 2.34. The third-order valence-electron chi connectivity index (χ3n) is 7.58. The molecule has 1 fully saturated rings. The van der Waals surface area contributed by atoms with E-state index in [0.717, 1.165) is 52.7 Å². The third kappa shape index (κ3) is 5.51. The Bertz CT molecular complexity index is 1370. The van der Waals surface area contributed by atoms with Crippen LogP contribution in [-0.4, -0.2) is 42.3 Å². The highest BCUT2D eigenvalue weighted by atomic mass is 35.5. The third-order valence-corrected chi connectivity index (χ3v) is 8.13. The first-order chi connectivity index (χ1) is 18.4. The molecule has 0 saturated carbocycles. The van der Waals surface area contributed by atoms with Gasteiger partial charge in [-0.15, -0.1) is 0 Å². The Labute approximate surface area is 231 Å². The van der Waals surface area contributed by atoms with Crippen molar-refractivity contribution in [3.8, 4) is 0 Å². The number of benzene rings is 3. The maximum absolute atomic E-state index is 15.3. The van der Waals surface area contributed by atoms with E-state index in [1.54, 1.807) is 18.2 Å². The van der Waals surface area contributed by atoms with Crippen molar-refractivity contribution < 1.29 is 18.7 Å². The first-order valence-electron chi connectivity index (χ1n) is 12.9. The largest absolute Gasteiger partial charge is 0.478 e. The van der Waals surface area contributed by atoms with Crippen LogP contribution in [-0.2, 0) is 6.42 Å². The average molecular weight is 556 g/mol. The lowest BCUT2D eigenvalue weighted by atomic mass is 9.85. The summed E-state index contributed by atoms with van der Waals surface area (Å²) in [5.74, 6) is -1.04. The van der Waals surface area contributed by atoms with Crippen LogP contribution in [0, 0.1) is 5.92 Å². The normalized spacial score (nSPS) is 17.1. The summed E-state index contributed by atoms with van der Waals surface area (Å²) in [5, 5.41) is 10.7. The van der Waals surface area contributed by atoms with Crippen molar-refractivity contribution in [1.82, 2.24) is 4.90 Å². The van der Waals surface area contributed by atoms with Gasteiger partial charge >= 0.3 is 5.97 Å². The molecule has 3 aromatic carbocycles. The van der Waals surface area contributed by atoms with E-state index in [0.29, 0.717) is 41.7 Å². The van der Waals surface area contributed by atoms with E-state index in [1.807, 2.05) is 42.5 Å². The van der Waals surface area contributed by atoms with Crippen LogP contribution in [0.5, 0.6) is 0 Å². The predicted octanol–water partition coefficient (Wildman–Crippen LogP) is 8.29. The molecule has 0 amide bonds. The van der Waals surface area contributed by atoms with Gasteiger partial charge in [-0.1, -0.05) is 59.6 Å². The maximum Gasteiger partial charge on any atom is 0.335 e. The van der Waals surface area contributed by atoms with Crippen LogP contribution in [0.15, 0.2) is 60.7 Å². The zero-order valence-electron chi connectivity index (χ0n) is 20.9. The zero-order valence-corrected chi connectivity index (χ0v) is 22.4. The second kappa shape index (κ2) is 11.6. The molecule has 1 N–H and O–H groups in total. The maximum atomic E-state index is 15.3. The molecule has 1 aliphatic carbocycles. The number of allylic oxidation sites excluding steroid dienone is 1. The lowest BCUT2D eigenvalue weighted by Gasteiger charge is -2.41. The number of carbonyl (C=O) groups is 1. The molecular weight excluding hydrogens is 527 g/mol. The van der Waals surface area contributed by atoms with E-state index in [4.69, 9.17) is 23.2 Å². The number of nitrogens with zero attached hydrogens (tertiary/aromatic N) is 1. The van der Waals surface area contributed by atoms with Crippen molar-refractivity contribution in [3.05, 3.63) is 104 Å². The Morgan fingerprint density at radius 1 is 1.00 bits per heavy atom. The SMILES string of the molecule is O=C(O)c1ccc2c(c1)CCCC(c1ccc(Cl)cc1Cl)=C2c1ccc(C(F)C2CN(CCCF)C2)cc1. The molecule has 38 heavy (non-hydrogen) atoms. The molecule has 3 aromatic rings.